The van der Waals surface area contributed by atoms with Gasteiger partial charge in [0, 0.05) is 25.5 Å². The minimum absolute atomic E-state index is 0.124. The zero-order chi connectivity index (χ0) is 14.9. The Morgan fingerprint density at radius 2 is 1.62 bits per heavy atom. The number of nitrogens with zero attached hydrogens (tertiary/aromatic N) is 1. The highest BCUT2D eigenvalue weighted by Crippen LogP contribution is 2.12. The van der Waals surface area contributed by atoms with Gasteiger partial charge in [0.15, 0.2) is 0 Å². The summed E-state index contributed by atoms with van der Waals surface area (Å²) in [5.41, 5.74) is 1.30. The van der Waals surface area contributed by atoms with Crippen LogP contribution in [0.3, 0.4) is 0 Å². The molecule has 0 heterocycles. The number of benzene rings is 2. The third-order valence-corrected chi connectivity index (χ3v) is 3.41. The summed E-state index contributed by atoms with van der Waals surface area (Å²) in [6.45, 7) is 4.71. The van der Waals surface area contributed by atoms with Crippen LogP contribution in [-0.4, -0.2) is 30.0 Å². The number of alkyl halides is 1. The van der Waals surface area contributed by atoms with Gasteiger partial charge >= 0.3 is 0 Å². The maximum absolute atomic E-state index is 5.94. The van der Waals surface area contributed by atoms with E-state index < -0.39 is 0 Å². The van der Waals surface area contributed by atoms with Crippen LogP contribution >= 0.6 is 11.6 Å². The van der Waals surface area contributed by atoms with Gasteiger partial charge in [-0.3, -0.25) is 4.90 Å². The molecule has 0 amide bonds. The molecule has 0 aliphatic rings. The topological polar surface area (TPSA) is 12.5 Å². The Labute approximate surface area is 132 Å². The largest absolute Gasteiger partial charge is 0.489 e. The number of rotatable bonds is 8. The van der Waals surface area contributed by atoms with Crippen LogP contribution in [-0.2, 0) is 6.54 Å². The van der Waals surface area contributed by atoms with Crippen LogP contribution in [0.2, 0.25) is 0 Å². The van der Waals surface area contributed by atoms with E-state index in [1.165, 1.54) is 5.56 Å². The first-order valence-electron chi connectivity index (χ1n) is 7.32. The molecule has 21 heavy (non-hydrogen) atoms. The van der Waals surface area contributed by atoms with Crippen LogP contribution in [0, 0.1) is 0 Å². The molecule has 112 valence electrons. The number of ether oxygens (including phenoxy) is 1. The van der Waals surface area contributed by atoms with Crippen molar-refractivity contribution >= 4 is 11.6 Å². The summed E-state index contributed by atoms with van der Waals surface area (Å²) in [4.78, 5) is 2.33. The smallest absolute Gasteiger partial charge is 0.119 e. The highest BCUT2D eigenvalue weighted by atomic mass is 35.5. The fourth-order valence-corrected chi connectivity index (χ4v) is 2.57. The first kappa shape index (κ1) is 15.9. The second kappa shape index (κ2) is 8.71. The van der Waals surface area contributed by atoms with E-state index in [1.54, 1.807) is 0 Å². The van der Waals surface area contributed by atoms with Gasteiger partial charge in [-0.05, 0) is 24.6 Å². The molecular weight excluding hydrogens is 282 g/mol. The molecule has 2 nitrogen and oxygen atoms in total. The van der Waals surface area contributed by atoms with Gasteiger partial charge in [-0.15, -0.1) is 11.6 Å². The quantitative estimate of drug-likeness (QED) is 0.678. The molecule has 0 spiro atoms. The van der Waals surface area contributed by atoms with Crippen LogP contribution in [0.1, 0.15) is 12.5 Å². The molecule has 0 saturated heterocycles. The first-order chi connectivity index (χ1) is 10.3. The first-order valence-corrected chi connectivity index (χ1v) is 7.85. The van der Waals surface area contributed by atoms with Crippen molar-refractivity contribution in [2.45, 2.75) is 19.6 Å². The summed E-state index contributed by atoms with van der Waals surface area (Å²) in [6.07, 6.45) is 0.124. The summed E-state index contributed by atoms with van der Waals surface area (Å²) in [5.74, 6) is 1.54. The van der Waals surface area contributed by atoms with Gasteiger partial charge in [0.05, 0.1) is 0 Å². The molecule has 0 fully saturated rings. The molecule has 0 unspecified atom stereocenters. The van der Waals surface area contributed by atoms with Gasteiger partial charge in [-0.2, -0.15) is 0 Å². The molecule has 0 aliphatic carbocycles. The summed E-state index contributed by atoms with van der Waals surface area (Å²) in [6, 6.07) is 20.4. The zero-order valence-corrected chi connectivity index (χ0v) is 13.2. The highest BCUT2D eigenvalue weighted by Gasteiger charge is 2.11. The van der Waals surface area contributed by atoms with E-state index in [2.05, 4.69) is 36.1 Å². The summed E-state index contributed by atoms with van der Waals surface area (Å²) >= 11 is 5.92. The maximum Gasteiger partial charge on any atom is 0.119 e. The lowest BCUT2D eigenvalue weighted by molar-refractivity contribution is 0.145. The Morgan fingerprint density at radius 3 is 2.24 bits per heavy atom. The second-order valence-corrected chi connectivity index (χ2v) is 5.53. The Bertz CT molecular complexity index is 503. The Hall–Kier alpha value is -1.51. The van der Waals surface area contributed by atoms with Gasteiger partial charge in [-0.1, -0.05) is 48.5 Å². The van der Waals surface area contributed by atoms with Crippen LogP contribution in [0.15, 0.2) is 60.7 Å². The van der Waals surface area contributed by atoms with Crippen molar-refractivity contribution in [3.63, 3.8) is 0 Å². The minimum atomic E-state index is 0.124. The van der Waals surface area contributed by atoms with Crippen molar-refractivity contribution < 1.29 is 4.74 Å². The lowest BCUT2D eigenvalue weighted by atomic mass is 10.2. The van der Waals surface area contributed by atoms with Crippen molar-refractivity contribution in [3.8, 4) is 5.75 Å². The molecule has 0 aliphatic heterocycles. The molecular formula is C18H22ClNO. The van der Waals surface area contributed by atoms with E-state index in [9.17, 15) is 0 Å². The van der Waals surface area contributed by atoms with E-state index in [1.807, 2.05) is 36.4 Å². The number of hydrogen-bond acceptors (Lipinski definition) is 2. The lowest BCUT2D eigenvalue weighted by Crippen LogP contribution is -2.34. The van der Waals surface area contributed by atoms with Crippen molar-refractivity contribution in [1.82, 2.24) is 4.90 Å². The Morgan fingerprint density at radius 1 is 1.00 bits per heavy atom. The Balaban J connectivity index is 1.89. The van der Waals surface area contributed by atoms with Gasteiger partial charge in [0.1, 0.15) is 11.9 Å². The van der Waals surface area contributed by atoms with Crippen molar-refractivity contribution in [1.29, 1.82) is 0 Å². The molecule has 2 rings (SSSR count). The number of para-hydroxylation sites is 1. The number of hydrogen-bond donors (Lipinski definition) is 0. The zero-order valence-electron chi connectivity index (χ0n) is 12.4. The van der Waals surface area contributed by atoms with Crippen LogP contribution in [0.5, 0.6) is 5.75 Å². The average Bonchev–Trinajstić information content (AvgIpc) is 2.49. The molecule has 2 aromatic carbocycles. The molecule has 0 radical (unpaired) electrons. The monoisotopic (exact) mass is 303 g/mol. The minimum Gasteiger partial charge on any atom is -0.489 e. The normalized spacial score (nSPS) is 12.3. The molecule has 0 bridgehead atoms. The standard InChI is InChI=1S/C18H22ClNO/c1-16(21-18-10-6-3-7-11-18)14-20(13-12-19)15-17-8-4-2-5-9-17/h2-11,16H,12-15H2,1H3/t16-/m0/s1. The van der Waals surface area contributed by atoms with Gasteiger partial charge < -0.3 is 4.74 Å². The van der Waals surface area contributed by atoms with E-state index in [0.29, 0.717) is 5.88 Å². The van der Waals surface area contributed by atoms with Crippen molar-refractivity contribution in [3.05, 3.63) is 66.2 Å². The highest BCUT2D eigenvalue weighted by molar-refractivity contribution is 6.18. The predicted molar refractivity (Wildman–Crippen MR) is 89.0 cm³/mol. The van der Waals surface area contributed by atoms with Crippen molar-refractivity contribution in [2.75, 3.05) is 19.0 Å². The average molecular weight is 304 g/mol. The van der Waals surface area contributed by atoms with E-state index in [-0.39, 0.29) is 6.10 Å². The number of halogens is 1. The molecule has 1 atom stereocenters. The summed E-state index contributed by atoms with van der Waals surface area (Å²) < 4.78 is 5.94. The fraction of sp³-hybridized carbons (Fsp3) is 0.333. The van der Waals surface area contributed by atoms with Crippen LogP contribution in [0.4, 0.5) is 0 Å². The maximum atomic E-state index is 5.94. The third-order valence-electron chi connectivity index (χ3n) is 3.25. The molecule has 2 aromatic rings. The third kappa shape index (κ3) is 5.78. The summed E-state index contributed by atoms with van der Waals surface area (Å²) in [7, 11) is 0. The van der Waals surface area contributed by atoms with Crippen LogP contribution < -0.4 is 4.74 Å². The fourth-order valence-electron chi connectivity index (χ4n) is 2.33. The lowest BCUT2D eigenvalue weighted by Gasteiger charge is -2.25. The van der Waals surface area contributed by atoms with E-state index in [0.717, 1.165) is 25.4 Å². The van der Waals surface area contributed by atoms with Crippen LogP contribution in [0.25, 0.3) is 0 Å². The predicted octanol–water partition coefficient (Wildman–Crippen LogP) is 4.19. The molecule has 0 saturated carbocycles. The van der Waals surface area contributed by atoms with Gasteiger partial charge in [0.25, 0.3) is 0 Å². The summed E-state index contributed by atoms with van der Waals surface area (Å²) in [5, 5.41) is 0. The molecule has 0 aromatic heterocycles. The van der Waals surface area contributed by atoms with E-state index >= 15 is 0 Å². The van der Waals surface area contributed by atoms with Crippen molar-refractivity contribution in [2.24, 2.45) is 0 Å². The van der Waals surface area contributed by atoms with E-state index in [4.69, 9.17) is 16.3 Å². The molecule has 0 N–H and O–H groups in total. The van der Waals surface area contributed by atoms with Gasteiger partial charge in [0.2, 0.25) is 0 Å². The van der Waals surface area contributed by atoms with Gasteiger partial charge in [-0.25, -0.2) is 0 Å². The molecule has 3 heteroatoms. The SMILES string of the molecule is C[C@@H](CN(CCCl)Cc1ccccc1)Oc1ccccc1. The Kier molecular flexibility index (Phi) is 6.58. The second-order valence-electron chi connectivity index (χ2n) is 5.15.